The van der Waals surface area contributed by atoms with Gasteiger partial charge in [0.15, 0.2) is 6.10 Å². The summed E-state index contributed by atoms with van der Waals surface area (Å²) in [6.07, 6.45) is 83.5. The van der Waals surface area contributed by atoms with E-state index in [9.17, 15) is 19.5 Å². The summed E-state index contributed by atoms with van der Waals surface area (Å²) in [6, 6.07) is 0. The third-order valence-corrected chi connectivity index (χ3v) is 14.0. The van der Waals surface area contributed by atoms with Crippen LogP contribution in [0, 0.1) is 0 Å². The van der Waals surface area contributed by atoms with E-state index in [2.05, 4.69) is 123 Å². The SMILES string of the molecule is CC/C=C\C/C=C\C/C=C\C/C=C\C/C=C\C/C=C\C/C=C\CCCC(=O)OC(COC(=O)CCCCCCCCCCCCCCCCCCCCCCC/C=C\C/C=C\CCCCCCC)COC(OCC[N+](C)(C)C)C(=O)O. The van der Waals surface area contributed by atoms with Crippen LogP contribution in [0.3, 0.4) is 0 Å². The molecule has 0 aromatic rings. The van der Waals surface area contributed by atoms with Crippen LogP contribution >= 0.6 is 0 Å². The predicted molar refractivity (Wildman–Crippen MR) is 345 cm³/mol. The Bertz CT molecular complexity index is 1700. The van der Waals surface area contributed by atoms with E-state index in [1.54, 1.807) is 0 Å². The van der Waals surface area contributed by atoms with Gasteiger partial charge in [0, 0.05) is 12.8 Å². The van der Waals surface area contributed by atoms with E-state index in [4.69, 9.17) is 18.9 Å². The van der Waals surface area contributed by atoms with Gasteiger partial charge in [-0.15, -0.1) is 0 Å². The van der Waals surface area contributed by atoms with Gasteiger partial charge in [0.05, 0.1) is 34.4 Å². The van der Waals surface area contributed by atoms with Crippen LogP contribution in [0.15, 0.2) is 109 Å². The quantitative estimate of drug-likeness (QED) is 0.0211. The molecule has 0 aliphatic rings. The van der Waals surface area contributed by atoms with Crippen molar-refractivity contribution in [2.24, 2.45) is 0 Å². The van der Waals surface area contributed by atoms with Gasteiger partial charge in [0.1, 0.15) is 13.2 Å². The average molecular weight is 1130 g/mol. The van der Waals surface area contributed by atoms with Crippen molar-refractivity contribution in [3.8, 4) is 0 Å². The minimum atomic E-state index is -1.53. The highest BCUT2D eigenvalue weighted by Crippen LogP contribution is 2.17. The molecule has 0 radical (unpaired) electrons. The zero-order valence-corrected chi connectivity index (χ0v) is 52.9. The van der Waals surface area contributed by atoms with Crippen LogP contribution in [0.4, 0.5) is 0 Å². The maximum atomic E-state index is 12.9. The van der Waals surface area contributed by atoms with Crippen LogP contribution in [0.25, 0.3) is 0 Å². The minimum Gasteiger partial charge on any atom is -0.477 e. The largest absolute Gasteiger partial charge is 0.477 e. The molecule has 0 aromatic carbocycles. The lowest BCUT2D eigenvalue weighted by Gasteiger charge is -2.25. The zero-order chi connectivity index (χ0) is 59.1. The van der Waals surface area contributed by atoms with E-state index in [0.717, 1.165) is 70.6 Å². The Morgan fingerprint density at radius 3 is 1.09 bits per heavy atom. The molecular formula is C72H124NO8+. The van der Waals surface area contributed by atoms with E-state index in [1.807, 2.05) is 21.1 Å². The zero-order valence-electron chi connectivity index (χ0n) is 52.9. The van der Waals surface area contributed by atoms with Gasteiger partial charge in [-0.2, -0.15) is 0 Å². The molecule has 2 atom stereocenters. The lowest BCUT2D eigenvalue weighted by molar-refractivity contribution is -0.870. The fourth-order valence-corrected chi connectivity index (χ4v) is 8.98. The molecule has 0 heterocycles. The molecule has 0 spiro atoms. The summed E-state index contributed by atoms with van der Waals surface area (Å²) in [6.45, 7) is 4.70. The second kappa shape index (κ2) is 62.0. The summed E-state index contributed by atoms with van der Waals surface area (Å²) in [5.41, 5.74) is 0. The first-order valence-corrected chi connectivity index (χ1v) is 33.1. The average Bonchev–Trinajstić information content (AvgIpc) is 3.44. The van der Waals surface area contributed by atoms with Crippen LogP contribution < -0.4 is 0 Å². The number of rotatable bonds is 60. The number of nitrogens with zero attached hydrogens (tertiary/aromatic N) is 1. The highest BCUT2D eigenvalue weighted by Gasteiger charge is 2.25. The number of likely N-dealkylation sites (N-methyl/N-ethyl adjacent to an activating group) is 1. The van der Waals surface area contributed by atoms with Gasteiger partial charge in [-0.3, -0.25) is 9.59 Å². The maximum absolute atomic E-state index is 12.9. The Balaban J connectivity index is 4.18. The number of hydrogen-bond acceptors (Lipinski definition) is 7. The van der Waals surface area contributed by atoms with Crippen molar-refractivity contribution in [2.75, 3.05) is 47.5 Å². The smallest absolute Gasteiger partial charge is 0.361 e. The molecule has 0 bridgehead atoms. The standard InChI is InChI=1S/C72H123NO8/c1-6-8-10-12-14-16-18-20-22-24-26-28-30-31-32-33-34-35-36-37-38-39-41-42-44-46-48-50-52-54-56-58-60-62-69(74)79-66-68(67-80-72(71(76)77)78-65-64-73(3,4)5)81-70(75)63-61-59-57-55-53-51-49-47-45-43-40-29-27-25-23-21-19-17-15-13-11-9-7-2/h9,11,15,17-18,20-21,23-24,26-27,29,43,45,49,51,55,57,68,72H,6-8,10,12-14,16,19,22,25,28,30-42,44,46-48,50,52-54,56,58-67H2,1-5H3/p+1/b11-9-,17-15-,20-18-,23-21-,26-24-,29-27-,45-43-,51-49-,57-55-. The number of unbranched alkanes of at least 4 members (excludes halogenated alkanes) is 27. The topological polar surface area (TPSA) is 108 Å². The van der Waals surface area contributed by atoms with Crippen LogP contribution in [0.2, 0.25) is 0 Å². The number of carbonyl (C=O) groups excluding carboxylic acids is 2. The van der Waals surface area contributed by atoms with Gasteiger partial charge in [-0.05, 0) is 96.3 Å². The maximum Gasteiger partial charge on any atom is 0.361 e. The number of carboxylic acid groups (broad SMARTS) is 1. The van der Waals surface area contributed by atoms with E-state index >= 15 is 0 Å². The summed E-state index contributed by atoms with van der Waals surface area (Å²) in [4.78, 5) is 37.5. The minimum absolute atomic E-state index is 0.172. The summed E-state index contributed by atoms with van der Waals surface area (Å²) >= 11 is 0. The molecule has 1 N–H and O–H groups in total. The number of allylic oxidation sites excluding steroid dienone is 18. The highest BCUT2D eigenvalue weighted by atomic mass is 16.7. The molecule has 0 rings (SSSR count). The molecule has 464 valence electrons. The third kappa shape index (κ3) is 63.4. The van der Waals surface area contributed by atoms with Crippen LogP contribution in [-0.4, -0.2) is 87.4 Å². The molecule has 9 nitrogen and oxygen atoms in total. The summed E-state index contributed by atoms with van der Waals surface area (Å²) in [5, 5.41) is 9.72. The van der Waals surface area contributed by atoms with Gasteiger partial charge >= 0.3 is 17.9 Å². The second-order valence-corrected chi connectivity index (χ2v) is 23.0. The first kappa shape index (κ1) is 77.0. The van der Waals surface area contributed by atoms with Crippen molar-refractivity contribution in [3.05, 3.63) is 109 Å². The van der Waals surface area contributed by atoms with Crippen molar-refractivity contribution < 1.29 is 42.9 Å². The van der Waals surface area contributed by atoms with Crippen molar-refractivity contribution in [2.45, 2.75) is 283 Å². The number of esters is 2. The number of ether oxygens (including phenoxy) is 4. The number of hydrogen-bond donors (Lipinski definition) is 1. The Morgan fingerprint density at radius 1 is 0.383 bits per heavy atom. The second-order valence-electron chi connectivity index (χ2n) is 23.0. The lowest BCUT2D eigenvalue weighted by Crippen LogP contribution is -2.40. The highest BCUT2D eigenvalue weighted by molar-refractivity contribution is 5.71. The fourth-order valence-electron chi connectivity index (χ4n) is 8.98. The third-order valence-electron chi connectivity index (χ3n) is 14.0. The number of aliphatic carboxylic acids is 1. The number of quaternary nitrogens is 1. The summed E-state index contributed by atoms with van der Waals surface area (Å²) in [5.74, 6) is -2.09. The van der Waals surface area contributed by atoms with E-state index in [1.165, 1.54) is 161 Å². The summed E-state index contributed by atoms with van der Waals surface area (Å²) in [7, 11) is 5.95. The molecule has 0 aromatic heterocycles. The molecule has 0 saturated heterocycles. The van der Waals surface area contributed by atoms with Gasteiger partial charge < -0.3 is 28.5 Å². The van der Waals surface area contributed by atoms with Crippen molar-refractivity contribution >= 4 is 17.9 Å². The van der Waals surface area contributed by atoms with Crippen molar-refractivity contribution in [1.82, 2.24) is 0 Å². The molecular weight excluding hydrogens is 1010 g/mol. The predicted octanol–water partition coefficient (Wildman–Crippen LogP) is 20.2. The normalized spacial score (nSPS) is 13.4. The van der Waals surface area contributed by atoms with Crippen LogP contribution in [-0.2, 0) is 33.3 Å². The molecule has 0 fully saturated rings. The van der Waals surface area contributed by atoms with Crippen molar-refractivity contribution in [1.29, 1.82) is 0 Å². The Kier molecular flexibility index (Phi) is 58.9. The Hall–Kier alpha value is -4.05. The van der Waals surface area contributed by atoms with Gasteiger partial charge in [0.2, 0.25) is 0 Å². The Labute approximate surface area is 498 Å². The van der Waals surface area contributed by atoms with Crippen molar-refractivity contribution in [3.63, 3.8) is 0 Å². The molecule has 0 saturated carbocycles. The van der Waals surface area contributed by atoms with Crippen LogP contribution in [0.1, 0.15) is 271 Å². The monoisotopic (exact) mass is 1130 g/mol. The first-order chi connectivity index (χ1) is 39.6. The Morgan fingerprint density at radius 2 is 0.716 bits per heavy atom. The molecule has 81 heavy (non-hydrogen) atoms. The van der Waals surface area contributed by atoms with E-state index in [0.29, 0.717) is 23.9 Å². The van der Waals surface area contributed by atoms with Crippen LogP contribution in [0.5, 0.6) is 0 Å². The molecule has 0 amide bonds. The molecule has 2 unspecified atom stereocenters. The van der Waals surface area contributed by atoms with E-state index in [-0.39, 0.29) is 38.6 Å². The molecule has 9 heteroatoms. The van der Waals surface area contributed by atoms with Gasteiger partial charge in [-0.25, -0.2) is 4.79 Å². The summed E-state index contributed by atoms with van der Waals surface area (Å²) < 4.78 is 22.9. The van der Waals surface area contributed by atoms with E-state index < -0.39 is 24.3 Å². The molecule has 0 aliphatic carbocycles. The molecule has 0 aliphatic heterocycles. The first-order valence-electron chi connectivity index (χ1n) is 33.1. The van der Waals surface area contributed by atoms with Gasteiger partial charge in [-0.1, -0.05) is 271 Å². The lowest BCUT2D eigenvalue weighted by atomic mass is 10.0. The van der Waals surface area contributed by atoms with Gasteiger partial charge in [0.25, 0.3) is 6.29 Å². The fraction of sp³-hybridized carbons (Fsp3) is 0.708. The number of carboxylic acids is 1. The number of carbonyl (C=O) groups is 3.